The van der Waals surface area contributed by atoms with Crippen LogP contribution in [0.2, 0.25) is 0 Å². The minimum absolute atomic E-state index is 0.00406. The van der Waals surface area contributed by atoms with Crippen LogP contribution in [0.5, 0.6) is 5.75 Å². The van der Waals surface area contributed by atoms with Crippen molar-refractivity contribution in [3.05, 3.63) is 29.3 Å². The van der Waals surface area contributed by atoms with Crippen LogP contribution in [0.15, 0.2) is 18.2 Å². The monoisotopic (exact) mass is 221 g/mol. The molecule has 1 N–H and O–H groups in total. The Kier molecular flexibility index (Phi) is 3.98. The van der Waals surface area contributed by atoms with Crippen molar-refractivity contribution in [3.8, 4) is 5.75 Å². The van der Waals surface area contributed by atoms with Crippen molar-refractivity contribution in [1.29, 1.82) is 0 Å². The fourth-order valence-electron chi connectivity index (χ4n) is 1.72. The molecule has 0 saturated heterocycles. The number of hydrogen-bond acceptors (Lipinski definition) is 2. The molecule has 0 unspecified atom stereocenters. The van der Waals surface area contributed by atoms with E-state index in [0.717, 1.165) is 5.75 Å². The average molecular weight is 221 g/mol. The van der Waals surface area contributed by atoms with Crippen molar-refractivity contribution in [2.24, 2.45) is 0 Å². The van der Waals surface area contributed by atoms with E-state index in [0.29, 0.717) is 5.92 Å². The van der Waals surface area contributed by atoms with Crippen LogP contribution in [0.25, 0.3) is 0 Å². The number of benzene rings is 1. The summed E-state index contributed by atoms with van der Waals surface area (Å²) in [7, 11) is 3.71. The molecule has 0 saturated carbocycles. The number of ether oxygens (including phenoxy) is 1. The molecule has 0 heterocycles. The van der Waals surface area contributed by atoms with E-state index in [1.165, 1.54) is 11.1 Å². The van der Waals surface area contributed by atoms with Gasteiger partial charge in [0.1, 0.15) is 5.75 Å². The lowest BCUT2D eigenvalue weighted by atomic mass is 9.90. The second kappa shape index (κ2) is 4.88. The van der Waals surface area contributed by atoms with Gasteiger partial charge in [-0.2, -0.15) is 0 Å². The third kappa shape index (κ3) is 2.56. The predicted octanol–water partition coefficient (Wildman–Crippen LogP) is 3.27. The second-order valence-corrected chi connectivity index (χ2v) is 4.99. The quantitative estimate of drug-likeness (QED) is 0.842. The Balaban J connectivity index is 3.22. The molecule has 90 valence electrons. The minimum atomic E-state index is -0.00406. The van der Waals surface area contributed by atoms with Crippen LogP contribution in [-0.4, -0.2) is 14.2 Å². The van der Waals surface area contributed by atoms with Gasteiger partial charge in [0, 0.05) is 5.54 Å². The molecule has 2 nitrogen and oxygen atoms in total. The minimum Gasteiger partial charge on any atom is -0.496 e. The molecule has 1 aromatic carbocycles. The molecule has 0 bridgehead atoms. The first-order valence-corrected chi connectivity index (χ1v) is 5.79. The lowest BCUT2D eigenvalue weighted by molar-refractivity contribution is 0.404. The summed E-state index contributed by atoms with van der Waals surface area (Å²) >= 11 is 0. The van der Waals surface area contributed by atoms with E-state index in [1.807, 2.05) is 7.05 Å². The molecular weight excluding hydrogens is 198 g/mol. The van der Waals surface area contributed by atoms with Gasteiger partial charge in [-0.15, -0.1) is 0 Å². The fourth-order valence-corrected chi connectivity index (χ4v) is 1.72. The van der Waals surface area contributed by atoms with Gasteiger partial charge in [0.05, 0.1) is 7.11 Å². The third-order valence-corrected chi connectivity index (χ3v) is 3.20. The van der Waals surface area contributed by atoms with Crippen LogP contribution in [0, 0.1) is 0 Å². The Morgan fingerprint density at radius 2 is 1.88 bits per heavy atom. The first kappa shape index (κ1) is 13.0. The van der Waals surface area contributed by atoms with Crippen molar-refractivity contribution in [3.63, 3.8) is 0 Å². The van der Waals surface area contributed by atoms with E-state index < -0.39 is 0 Å². The van der Waals surface area contributed by atoms with Gasteiger partial charge in [0.15, 0.2) is 0 Å². The van der Waals surface area contributed by atoms with Crippen molar-refractivity contribution >= 4 is 0 Å². The highest BCUT2D eigenvalue weighted by atomic mass is 16.5. The maximum absolute atomic E-state index is 5.39. The molecule has 16 heavy (non-hydrogen) atoms. The Morgan fingerprint density at radius 3 is 2.31 bits per heavy atom. The number of methoxy groups -OCH3 is 1. The summed E-state index contributed by atoms with van der Waals surface area (Å²) in [5.74, 6) is 1.45. The van der Waals surface area contributed by atoms with E-state index in [-0.39, 0.29) is 5.54 Å². The highest BCUT2D eigenvalue weighted by Gasteiger charge is 2.19. The van der Waals surface area contributed by atoms with Gasteiger partial charge in [-0.05, 0) is 44.0 Å². The standard InChI is InChI=1S/C14H23NO/c1-10(2)12-9-11(14(3,4)15-5)7-8-13(12)16-6/h7-10,15H,1-6H3. The summed E-state index contributed by atoms with van der Waals surface area (Å²) in [6.07, 6.45) is 0. The van der Waals surface area contributed by atoms with E-state index in [4.69, 9.17) is 4.74 Å². The lowest BCUT2D eigenvalue weighted by Gasteiger charge is -2.26. The van der Waals surface area contributed by atoms with Crippen LogP contribution < -0.4 is 10.1 Å². The van der Waals surface area contributed by atoms with E-state index in [1.54, 1.807) is 7.11 Å². The van der Waals surface area contributed by atoms with Crippen molar-refractivity contribution in [1.82, 2.24) is 5.32 Å². The molecule has 0 radical (unpaired) electrons. The molecule has 0 aliphatic carbocycles. The lowest BCUT2D eigenvalue weighted by Crippen LogP contribution is -2.33. The summed E-state index contributed by atoms with van der Waals surface area (Å²) < 4.78 is 5.39. The highest BCUT2D eigenvalue weighted by Crippen LogP contribution is 2.31. The van der Waals surface area contributed by atoms with Gasteiger partial charge in [0.25, 0.3) is 0 Å². The summed E-state index contributed by atoms with van der Waals surface area (Å²) in [5, 5.41) is 3.32. The van der Waals surface area contributed by atoms with Crippen molar-refractivity contribution in [2.75, 3.05) is 14.2 Å². The van der Waals surface area contributed by atoms with Gasteiger partial charge < -0.3 is 10.1 Å². The van der Waals surface area contributed by atoms with Crippen LogP contribution in [0.3, 0.4) is 0 Å². The Hall–Kier alpha value is -1.02. The predicted molar refractivity (Wildman–Crippen MR) is 69.2 cm³/mol. The average Bonchev–Trinajstić information content (AvgIpc) is 2.28. The zero-order valence-electron chi connectivity index (χ0n) is 11.2. The summed E-state index contributed by atoms with van der Waals surface area (Å²) in [6.45, 7) is 8.74. The number of rotatable bonds is 4. The van der Waals surface area contributed by atoms with Crippen molar-refractivity contribution < 1.29 is 4.74 Å². The normalized spacial score (nSPS) is 11.9. The molecule has 0 spiro atoms. The van der Waals surface area contributed by atoms with Gasteiger partial charge in [-0.25, -0.2) is 0 Å². The first-order valence-electron chi connectivity index (χ1n) is 5.79. The van der Waals surface area contributed by atoms with Crippen LogP contribution in [0.1, 0.15) is 44.7 Å². The molecule has 0 aliphatic heterocycles. The largest absolute Gasteiger partial charge is 0.496 e. The SMILES string of the molecule is CNC(C)(C)c1ccc(OC)c(C(C)C)c1. The smallest absolute Gasteiger partial charge is 0.122 e. The Bertz CT molecular complexity index is 356. The maximum Gasteiger partial charge on any atom is 0.122 e. The molecule has 0 aliphatic rings. The zero-order valence-corrected chi connectivity index (χ0v) is 11.2. The van der Waals surface area contributed by atoms with Gasteiger partial charge in [-0.1, -0.05) is 26.0 Å². The first-order chi connectivity index (χ1) is 7.42. The molecule has 2 heteroatoms. The Labute approximate surface area is 99.0 Å². The van der Waals surface area contributed by atoms with Crippen LogP contribution >= 0.6 is 0 Å². The molecule has 0 amide bonds. The van der Waals surface area contributed by atoms with Crippen LogP contribution in [-0.2, 0) is 5.54 Å². The number of hydrogen-bond donors (Lipinski definition) is 1. The third-order valence-electron chi connectivity index (χ3n) is 3.20. The molecule has 1 aromatic rings. The van der Waals surface area contributed by atoms with E-state index >= 15 is 0 Å². The molecule has 0 atom stereocenters. The summed E-state index contributed by atoms with van der Waals surface area (Å²) in [6, 6.07) is 6.42. The van der Waals surface area contributed by atoms with Gasteiger partial charge in [0.2, 0.25) is 0 Å². The number of nitrogens with one attached hydrogen (secondary N) is 1. The highest BCUT2D eigenvalue weighted by molar-refractivity contribution is 5.41. The fraction of sp³-hybridized carbons (Fsp3) is 0.571. The maximum atomic E-state index is 5.39. The summed E-state index contributed by atoms with van der Waals surface area (Å²) in [4.78, 5) is 0. The van der Waals surface area contributed by atoms with Gasteiger partial charge in [-0.3, -0.25) is 0 Å². The topological polar surface area (TPSA) is 21.3 Å². The molecule has 1 rings (SSSR count). The molecular formula is C14H23NO. The molecule has 0 fully saturated rings. The van der Waals surface area contributed by atoms with Crippen molar-refractivity contribution in [2.45, 2.75) is 39.2 Å². The van der Waals surface area contributed by atoms with E-state index in [9.17, 15) is 0 Å². The second-order valence-electron chi connectivity index (χ2n) is 4.99. The van der Waals surface area contributed by atoms with E-state index in [2.05, 4.69) is 51.2 Å². The van der Waals surface area contributed by atoms with Crippen LogP contribution in [0.4, 0.5) is 0 Å². The Morgan fingerprint density at radius 1 is 1.25 bits per heavy atom. The zero-order chi connectivity index (χ0) is 12.3. The molecule has 0 aromatic heterocycles. The van der Waals surface area contributed by atoms with Gasteiger partial charge >= 0.3 is 0 Å². The summed E-state index contributed by atoms with van der Waals surface area (Å²) in [5.41, 5.74) is 2.55.